The molecule has 0 radical (unpaired) electrons. The molecule has 0 N–H and O–H groups in total. The van der Waals surface area contributed by atoms with Gasteiger partial charge in [0.2, 0.25) is 0 Å². The minimum absolute atomic E-state index is 0.231. The molecule has 3 heterocycles. The Balaban J connectivity index is 1.62. The fourth-order valence-electron chi connectivity index (χ4n) is 2.72. The van der Waals surface area contributed by atoms with Crippen molar-refractivity contribution in [3.63, 3.8) is 0 Å². The highest BCUT2D eigenvalue weighted by Crippen LogP contribution is 2.21. The zero-order chi connectivity index (χ0) is 14.7. The summed E-state index contributed by atoms with van der Waals surface area (Å²) in [6.45, 7) is 2.49. The van der Waals surface area contributed by atoms with E-state index in [2.05, 4.69) is 24.8 Å². The number of nitrogens with zero attached hydrogens (tertiary/aromatic N) is 5. The molecule has 3 rings (SSSR count). The highest BCUT2D eigenvalue weighted by molar-refractivity contribution is 5.37. The smallest absolute Gasteiger partial charge is 0.145 e. The summed E-state index contributed by atoms with van der Waals surface area (Å²) in [5, 5.41) is 0. The van der Waals surface area contributed by atoms with E-state index in [0.29, 0.717) is 18.2 Å². The Morgan fingerprint density at radius 3 is 2.95 bits per heavy atom. The van der Waals surface area contributed by atoms with Crippen LogP contribution in [0.5, 0.6) is 0 Å². The van der Waals surface area contributed by atoms with Crippen LogP contribution in [0.3, 0.4) is 0 Å². The average Bonchev–Trinajstić information content (AvgIpc) is 2.98. The van der Waals surface area contributed by atoms with Gasteiger partial charge in [0.15, 0.2) is 0 Å². The van der Waals surface area contributed by atoms with Crippen molar-refractivity contribution in [2.75, 3.05) is 25.0 Å². The largest absolute Gasteiger partial charge is 0.355 e. The van der Waals surface area contributed by atoms with E-state index in [1.165, 1.54) is 6.20 Å². The van der Waals surface area contributed by atoms with Crippen molar-refractivity contribution in [2.24, 2.45) is 0 Å². The Labute approximate surface area is 123 Å². The molecule has 0 amide bonds. The molecule has 6 heteroatoms. The van der Waals surface area contributed by atoms with Crippen LogP contribution in [-0.4, -0.2) is 46.0 Å². The lowest BCUT2D eigenvalue weighted by Crippen LogP contribution is -2.35. The maximum Gasteiger partial charge on any atom is 0.145 e. The predicted octanol–water partition coefficient (Wildman–Crippen LogP) is 1.72. The Morgan fingerprint density at radius 1 is 1.33 bits per heavy atom. The van der Waals surface area contributed by atoms with Crippen LogP contribution in [0.25, 0.3) is 0 Å². The minimum atomic E-state index is -0.231. The molecule has 1 fully saturated rings. The molecule has 0 aliphatic carbocycles. The molecule has 1 aliphatic heterocycles. The van der Waals surface area contributed by atoms with Crippen molar-refractivity contribution in [1.29, 1.82) is 0 Å². The third-order valence-corrected chi connectivity index (χ3v) is 3.97. The highest BCUT2D eigenvalue weighted by Gasteiger charge is 2.26. The van der Waals surface area contributed by atoms with E-state index in [-0.39, 0.29) is 5.82 Å². The molecule has 2 aromatic rings. The molecule has 110 valence electrons. The van der Waals surface area contributed by atoms with E-state index in [1.807, 2.05) is 13.1 Å². The van der Waals surface area contributed by atoms with Crippen LogP contribution < -0.4 is 4.90 Å². The van der Waals surface area contributed by atoms with Crippen molar-refractivity contribution in [3.8, 4) is 0 Å². The van der Waals surface area contributed by atoms with Gasteiger partial charge in [-0.1, -0.05) is 0 Å². The van der Waals surface area contributed by atoms with E-state index in [0.717, 1.165) is 25.3 Å². The summed E-state index contributed by atoms with van der Waals surface area (Å²) in [6, 6.07) is 4.05. The molecule has 0 saturated carbocycles. The maximum atomic E-state index is 13.6. The van der Waals surface area contributed by atoms with E-state index in [1.54, 1.807) is 24.8 Å². The predicted molar refractivity (Wildman–Crippen MR) is 78.3 cm³/mol. The van der Waals surface area contributed by atoms with Crippen molar-refractivity contribution in [1.82, 2.24) is 19.9 Å². The van der Waals surface area contributed by atoms with E-state index in [9.17, 15) is 4.39 Å². The second-order valence-electron chi connectivity index (χ2n) is 5.32. The van der Waals surface area contributed by atoms with Gasteiger partial charge in [0.1, 0.15) is 18.0 Å². The van der Waals surface area contributed by atoms with E-state index < -0.39 is 0 Å². The van der Waals surface area contributed by atoms with Crippen LogP contribution in [0.4, 0.5) is 10.2 Å². The molecule has 1 saturated heterocycles. The van der Waals surface area contributed by atoms with Gasteiger partial charge in [0.25, 0.3) is 0 Å². The molecule has 0 bridgehead atoms. The molecule has 1 atom stereocenters. The number of likely N-dealkylation sites (N-methyl/N-ethyl adjacent to an activating group) is 1. The van der Waals surface area contributed by atoms with Crippen LogP contribution in [0.15, 0.2) is 37.1 Å². The fraction of sp³-hybridized carbons (Fsp3) is 0.400. The number of hydrogen-bond donors (Lipinski definition) is 0. The van der Waals surface area contributed by atoms with Crippen molar-refractivity contribution < 1.29 is 4.39 Å². The lowest BCUT2D eigenvalue weighted by atomic mass is 10.2. The number of aromatic nitrogens is 3. The lowest BCUT2D eigenvalue weighted by Gasteiger charge is -2.25. The van der Waals surface area contributed by atoms with E-state index >= 15 is 0 Å². The van der Waals surface area contributed by atoms with Crippen molar-refractivity contribution >= 4 is 5.82 Å². The van der Waals surface area contributed by atoms with Gasteiger partial charge in [-0.15, -0.1) is 0 Å². The molecule has 0 spiro atoms. The molecular weight excluding hydrogens is 269 g/mol. The monoisotopic (exact) mass is 287 g/mol. The first-order chi connectivity index (χ1) is 10.2. The van der Waals surface area contributed by atoms with Crippen LogP contribution in [0, 0.1) is 5.82 Å². The van der Waals surface area contributed by atoms with Crippen LogP contribution in [-0.2, 0) is 6.54 Å². The highest BCUT2D eigenvalue weighted by atomic mass is 19.1. The van der Waals surface area contributed by atoms with Gasteiger partial charge in [-0.25, -0.2) is 14.4 Å². The zero-order valence-corrected chi connectivity index (χ0v) is 12.0. The van der Waals surface area contributed by atoms with Gasteiger partial charge in [0.05, 0.1) is 6.20 Å². The topological polar surface area (TPSA) is 45.2 Å². The standard InChI is InChI=1S/C15H18FN5/c1-20(15-3-6-18-11-19-15)13-4-7-21(10-13)9-12-2-5-17-8-14(12)16/h2-3,5-6,8,11,13H,4,7,9-10H2,1H3. The van der Waals surface area contributed by atoms with E-state index in [4.69, 9.17) is 0 Å². The molecule has 2 aromatic heterocycles. The summed E-state index contributed by atoms with van der Waals surface area (Å²) in [7, 11) is 2.05. The number of rotatable bonds is 4. The third-order valence-electron chi connectivity index (χ3n) is 3.97. The molecule has 5 nitrogen and oxygen atoms in total. The number of pyridine rings is 1. The normalized spacial score (nSPS) is 18.9. The van der Waals surface area contributed by atoms with Crippen LogP contribution >= 0.6 is 0 Å². The Bertz CT molecular complexity index is 592. The lowest BCUT2D eigenvalue weighted by molar-refractivity contribution is 0.320. The van der Waals surface area contributed by atoms with Gasteiger partial charge < -0.3 is 4.90 Å². The van der Waals surface area contributed by atoms with Gasteiger partial charge >= 0.3 is 0 Å². The molecule has 21 heavy (non-hydrogen) atoms. The Morgan fingerprint density at radius 2 is 2.19 bits per heavy atom. The van der Waals surface area contributed by atoms with Gasteiger partial charge in [-0.3, -0.25) is 9.88 Å². The van der Waals surface area contributed by atoms with Crippen LogP contribution in [0.1, 0.15) is 12.0 Å². The number of halogens is 1. The SMILES string of the molecule is CN(c1ccncn1)C1CCN(Cc2ccncc2F)C1. The summed E-state index contributed by atoms with van der Waals surface area (Å²) in [5.74, 6) is 0.692. The summed E-state index contributed by atoms with van der Waals surface area (Å²) in [4.78, 5) is 16.4. The first-order valence-corrected chi connectivity index (χ1v) is 7.03. The quantitative estimate of drug-likeness (QED) is 0.857. The Hall–Kier alpha value is -2.08. The molecule has 1 aliphatic rings. The minimum Gasteiger partial charge on any atom is -0.355 e. The number of hydrogen-bond acceptors (Lipinski definition) is 5. The fourth-order valence-corrected chi connectivity index (χ4v) is 2.72. The van der Waals surface area contributed by atoms with Gasteiger partial charge in [-0.2, -0.15) is 0 Å². The summed E-state index contributed by atoms with van der Waals surface area (Å²) >= 11 is 0. The first-order valence-electron chi connectivity index (χ1n) is 7.03. The summed E-state index contributed by atoms with van der Waals surface area (Å²) < 4.78 is 13.6. The summed E-state index contributed by atoms with van der Waals surface area (Å²) in [5.41, 5.74) is 0.704. The second-order valence-corrected chi connectivity index (χ2v) is 5.32. The van der Waals surface area contributed by atoms with Crippen molar-refractivity contribution in [2.45, 2.75) is 19.0 Å². The van der Waals surface area contributed by atoms with Gasteiger partial charge in [0, 0.05) is 50.7 Å². The van der Waals surface area contributed by atoms with Gasteiger partial charge in [-0.05, 0) is 18.6 Å². The number of anilines is 1. The third kappa shape index (κ3) is 3.16. The number of likely N-dealkylation sites (tertiary alicyclic amines) is 1. The molecular formula is C15H18FN5. The average molecular weight is 287 g/mol. The molecule has 1 unspecified atom stereocenters. The van der Waals surface area contributed by atoms with Crippen molar-refractivity contribution in [3.05, 3.63) is 48.4 Å². The first kappa shape index (κ1) is 13.9. The summed E-state index contributed by atoms with van der Waals surface area (Å²) in [6.07, 6.45) is 7.27. The second kappa shape index (κ2) is 6.13. The van der Waals surface area contributed by atoms with Crippen LogP contribution in [0.2, 0.25) is 0 Å². The molecule has 0 aromatic carbocycles. The zero-order valence-electron chi connectivity index (χ0n) is 12.0. The Kier molecular flexibility index (Phi) is 4.06. The maximum absolute atomic E-state index is 13.6.